The second-order valence-electron chi connectivity index (χ2n) is 5.28. The minimum Gasteiger partial charge on any atom is -0.307 e. The molecule has 0 fully saturated rings. The number of hydrogen-bond acceptors (Lipinski definition) is 3. The van der Waals surface area contributed by atoms with E-state index in [4.69, 9.17) is 5.14 Å². The van der Waals surface area contributed by atoms with Crippen LogP contribution in [0.5, 0.6) is 0 Å². The first-order valence-electron chi connectivity index (χ1n) is 7.27. The first kappa shape index (κ1) is 17.1. The average molecular weight is 298 g/mol. The lowest BCUT2D eigenvalue weighted by atomic mass is 10.0. The van der Waals surface area contributed by atoms with Crippen LogP contribution in [-0.2, 0) is 10.0 Å². The summed E-state index contributed by atoms with van der Waals surface area (Å²) in [7, 11) is -3.61. The van der Waals surface area contributed by atoms with Crippen molar-refractivity contribution in [2.75, 3.05) is 0 Å². The van der Waals surface area contributed by atoms with E-state index in [1.54, 1.807) is 12.1 Å². The molecule has 20 heavy (non-hydrogen) atoms. The fourth-order valence-electron chi connectivity index (χ4n) is 2.40. The summed E-state index contributed by atoms with van der Waals surface area (Å²) in [4.78, 5) is 0.159. The van der Waals surface area contributed by atoms with Crippen LogP contribution in [0, 0.1) is 0 Å². The second kappa shape index (κ2) is 7.76. The van der Waals surface area contributed by atoms with Gasteiger partial charge in [-0.1, -0.05) is 38.8 Å². The maximum Gasteiger partial charge on any atom is 0.238 e. The van der Waals surface area contributed by atoms with Crippen molar-refractivity contribution < 1.29 is 8.42 Å². The lowest BCUT2D eigenvalue weighted by molar-refractivity contribution is 0.402. The van der Waals surface area contributed by atoms with Crippen molar-refractivity contribution in [2.45, 2.75) is 63.4 Å². The van der Waals surface area contributed by atoms with Crippen LogP contribution in [0.2, 0.25) is 0 Å². The Morgan fingerprint density at radius 3 is 2.00 bits per heavy atom. The summed E-state index contributed by atoms with van der Waals surface area (Å²) < 4.78 is 22.4. The number of sulfonamides is 1. The van der Waals surface area contributed by atoms with E-state index in [0.29, 0.717) is 6.04 Å². The molecule has 4 nitrogen and oxygen atoms in total. The third kappa shape index (κ3) is 5.23. The molecule has 114 valence electrons. The van der Waals surface area contributed by atoms with E-state index in [-0.39, 0.29) is 10.9 Å². The number of benzene rings is 1. The van der Waals surface area contributed by atoms with Crippen molar-refractivity contribution in [3.8, 4) is 0 Å². The molecule has 1 aromatic carbocycles. The van der Waals surface area contributed by atoms with Gasteiger partial charge in [-0.05, 0) is 37.5 Å². The van der Waals surface area contributed by atoms with Gasteiger partial charge in [-0.2, -0.15) is 0 Å². The van der Waals surface area contributed by atoms with Crippen molar-refractivity contribution in [2.24, 2.45) is 5.14 Å². The summed E-state index contributed by atoms with van der Waals surface area (Å²) in [5.41, 5.74) is 1.08. The Morgan fingerprint density at radius 1 is 1.10 bits per heavy atom. The van der Waals surface area contributed by atoms with E-state index in [9.17, 15) is 8.42 Å². The second-order valence-corrected chi connectivity index (χ2v) is 6.84. The van der Waals surface area contributed by atoms with Gasteiger partial charge in [0.1, 0.15) is 0 Å². The Balaban J connectivity index is 2.74. The summed E-state index contributed by atoms with van der Waals surface area (Å²) in [5.74, 6) is 0. The minimum atomic E-state index is -3.61. The zero-order valence-corrected chi connectivity index (χ0v) is 13.4. The van der Waals surface area contributed by atoms with Gasteiger partial charge in [0.05, 0.1) is 4.90 Å². The van der Waals surface area contributed by atoms with Crippen molar-refractivity contribution in [3.63, 3.8) is 0 Å². The van der Waals surface area contributed by atoms with Crippen LogP contribution >= 0.6 is 0 Å². The molecule has 3 N–H and O–H groups in total. The molecule has 0 saturated carbocycles. The molecule has 1 rings (SSSR count). The highest BCUT2D eigenvalue weighted by atomic mass is 32.2. The number of rotatable bonds is 8. The molecule has 0 aliphatic rings. The highest BCUT2D eigenvalue weighted by molar-refractivity contribution is 7.89. The maximum atomic E-state index is 11.2. The van der Waals surface area contributed by atoms with E-state index in [0.717, 1.165) is 31.2 Å². The van der Waals surface area contributed by atoms with Gasteiger partial charge in [0.15, 0.2) is 0 Å². The van der Waals surface area contributed by atoms with E-state index >= 15 is 0 Å². The molecule has 5 heteroatoms. The monoisotopic (exact) mass is 298 g/mol. The zero-order valence-electron chi connectivity index (χ0n) is 12.6. The van der Waals surface area contributed by atoms with E-state index in [2.05, 4.69) is 26.1 Å². The molecule has 0 aliphatic carbocycles. The summed E-state index contributed by atoms with van der Waals surface area (Å²) in [6.07, 6.45) is 4.64. The standard InChI is InChI=1S/C15H26N2O2S/c1-4-6-14(7-5-2)17-12(3)13-8-10-15(11-9-13)20(16,18)19/h8-12,14,17H,4-7H2,1-3H3,(H2,16,18,19). The summed E-state index contributed by atoms with van der Waals surface area (Å²) >= 11 is 0. The summed E-state index contributed by atoms with van der Waals surface area (Å²) in [5, 5.41) is 8.71. The van der Waals surface area contributed by atoms with E-state index in [1.807, 2.05) is 12.1 Å². The Hall–Kier alpha value is -0.910. The van der Waals surface area contributed by atoms with Crippen LogP contribution < -0.4 is 10.5 Å². The molecule has 1 atom stereocenters. The van der Waals surface area contributed by atoms with Gasteiger partial charge in [0, 0.05) is 12.1 Å². The molecule has 0 aliphatic heterocycles. The molecule has 0 saturated heterocycles. The molecule has 1 aromatic rings. The zero-order chi connectivity index (χ0) is 15.2. The Bertz CT molecular complexity index is 491. The highest BCUT2D eigenvalue weighted by Crippen LogP contribution is 2.18. The van der Waals surface area contributed by atoms with Gasteiger partial charge in [0.25, 0.3) is 0 Å². The van der Waals surface area contributed by atoms with Gasteiger partial charge in [0.2, 0.25) is 10.0 Å². The van der Waals surface area contributed by atoms with Crippen LogP contribution in [-0.4, -0.2) is 14.5 Å². The first-order valence-corrected chi connectivity index (χ1v) is 8.81. The molecule has 0 bridgehead atoms. The molecule has 1 unspecified atom stereocenters. The van der Waals surface area contributed by atoms with Gasteiger partial charge < -0.3 is 5.32 Å². The third-order valence-electron chi connectivity index (χ3n) is 3.47. The number of primary sulfonamides is 1. The quantitative estimate of drug-likeness (QED) is 0.775. The van der Waals surface area contributed by atoms with E-state index < -0.39 is 10.0 Å². The SMILES string of the molecule is CCCC(CCC)NC(C)c1ccc(S(N)(=O)=O)cc1. The third-order valence-corrected chi connectivity index (χ3v) is 4.40. The maximum absolute atomic E-state index is 11.2. The average Bonchev–Trinajstić information content (AvgIpc) is 2.38. The van der Waals surface area contributed by atoms with Gasteiger partial charge in [-0.25, -0.2) is 13.6 Å². The summed E-state index contributed by atoms with van der Waals surface area (Å²) in [6.45, 7) is 6.48. The molecule has 0 amide bonds. The fraction of sp³-hybridized carbons (Fsp3) is 0.600. The number of nitrogens with two attached hydrogens (primary N) is 1. The molecule has 0 spiro atoms. The normalized spacial score (nSPS) is 13.7. The largest absolute Gasteiger partial charge is 0.307 e. The predicted octanol–water partition coefficient (Wildman–Crippen LogP) is 2.95. The van der Waals surface area contributed by atoms with Crippen LogP contribution in [0.15, 0.2) is 29.2 Å². The van der Waals surface area contributed by atoms with Crippen LogP contribution in [0.3, 0.4) is 0 Å². The molecule has 0 aromatic heterocycles. The first-order chi connectivity index (χ1) is 9.38. The van der Waals surface area contributed by atoms with Crippen molar-refractivity contribution in [1.29, 1.82) is 0 Å². The van der Waals surface area contributed by atoms with Crippen LogP contribution in [0.4, 0.5) is 0 Å². The smallest absolute Gasteiger partial charge is 0.238 e. The molecule has 0 radical (unpaired) electrons. The van der Waals surface area contributed by atoms with Crippen LogP contribution in [0.1, 0.15) is 58.1 Å². The lowest BCUT2D eigenvalue weighted by Gasteiger charge is -2.23. The van der Waals surface area contributed by atoms with Gasteiger partial charge >= 0.3 is 0 Å². The topological polar surface area (TPSA) is 72.2 Å². The molecule has 0 heterocycles. The minimum absolute atomic E-state index is 0.159. The lowest BCUT2D eigenvalue weighted by Crippen LogP contribution is -2.31. The molecular formula is C15H26N2O2S. The Kier molecular flexibility index (Phi) is 6.65. The highest BCUT2D eigenvalue weighted by Gasteiger charge is 2.13. The van der Waals surface area contributed by atoms with Crippen molar-refractivity contribution >= 4 is 10.0 Å². The van der Waals surface area contributed by atoms with Crippen LogP contribution in [0.25, 0.3) is 0 Å². The number of hydrogen-bond donors (Lipinski definition) is 2. The predicted molar refractivity (Wildman–Crippen MR) is 83.0 cm³/mol. The fourth-order valence-corrected chi connectivity index (χ4v) is 2.92. The van der Waals surface area contributed by atoms with Gasteiger partial charge in [-0.3, -0.25) is 0 Å². The van der Waals surface area contributed by atoms with Crippen molar-refractivity contribution in [3.05, 3.63) is 29.8 Å². The Morgan fingerprint density at radius 2 is 1.60 bits per heavy atom. The van der Waals surface area contributed by atoms with Crippen molar-refractivity contribution in [1.82, 2.24) is 5.32 Å². The Labute approximate surface area is 122 Å². The summed E-state index contributed by atoms with van der Waals surface area (Å²) in [6, 6.07) is 7.50. The number of nitrogens with one attached hydrogen (secondary N) is 1. The molecular weight excluding hydrogens is 272 g/mol. The van der Waals surface area contributed by atoms with Gasteiger partial charge in [-0.15, -0.1) is 0 Å². The van der Waals surface area contributed by atoms with E-state index in [1.165, 1.54) is 0 Å².